The fraction of sp³-hybridized carbons (Fsp3) is 0.286. The van der Waals surface area contributed by atoms with Crippen LogP contribution in [0.15, 0.2) is 77.4 Å². The van der Waals surface area contributed by atoms with E-state index in [9.17, 15) is 19.2 Å². The largest absolute Gasteiger partial charge is 0.465 e. The van der Waals surface area contributed by atoms with Crippen LogP contribution in [0, 0.1) is 0 Å². The number of allylic oxidation sites excluding steroid dienone is 1. The maximum atomic E-state index is 14.4. The van der Waals surface area contributed by atoms with Gasteiger partial charge in [0.1, 0.15) is 35.5 Å². The van der Waals surface area contributed by atoms with Crippen molar-refractivity contribution in [2.24, 2.45) is 5.73 Å². The minimum absolute atomic E-state index is 0.00751. The third kappa shape index (κ3) is 4.38. The monoisotopic (exact) mass is 520 g/mol. The van der Waals surface area contributed by atoms with Gasteiger partial charge in [-0.2, -0.15) is 0 Å². The van der Waals surface area contributed by atoms with Crippen LogP contribution in [-0.2, 0) is 50.1 Å². The number of esters is 3. The molecule has 2 aliphatic rings. The first-order valence-electron chi connectivity index (χ1n) is 11.9. The van der Waals surface area contributed by atoms with E-state index in [0.717, 1.165) is 12.7 Å². The molecule has 10 heteroatoms. The number of carbonyl (C=O) groups is 4. The van der Waals surface area contributed by atoms with Crippen LogP contribution < -0.4 is 10.6 Å². The molecule has 0 fully saturated rings. The number of nitrogens with two attached hydrogens (primary N) is 1. The number of fused-ring (bicyclic) bond motifs is 2. The summed E-state index contributed by atoms with van der Waals surface area (Å²) in [7, 11) is 1.12. The van der Waals surface area contributed by atoms with Gasteiger partial charge in [0.2, 0.25) is 11.8 Å². The highest BCUT2D eigenvalue weighted by Crippen LogP contribution is 2.54. The first-order chi connectivity index (χ1) is 18.1. The van der Waals surface area contributed by atoms with Gasteiger partial charge in [0.25, 0.3) is 0 Å². The second kappa shape index (κ2) is 10.4. The van der Waals surface area contributed by atoms with Gasteiger partial charge >= 0.3 is 17.9 Å². The summed E-state index contributed by atoms with van der Waals surface area (Å²) in [6.45, 7) is 4.27. The normalized spacial score (nSPS) is 18.4. The van der Waals surface area contributed by atoms with Crippen molar-refractivity contribution in [3.05, 3.63) is 88.5 Å². The van der Waals surface area contributed by atoms with Crippen LogP contribution in [0.1, 0.15) is 31.9 Å². The topological polar surface area (TPSA) is 134 Å². The number of nitrogens with zero attached hydrogens (tertiary/aromatic N) is 1. The van der Waals surface area contributed by atoms with Crippen LogP contribution in [0.3, 0.4) is 0 Å². The summed E-state index contributed by atoms with van der Waals surface area (Å²) in [5.74, 6) is -3.71. The molecule has 1 unspecified atom stereocenters. The van der Waals surface area contributed by atoms with Crippen molar-refractivity contribution in [1.82, 2.24) is 0 Å². The summed E-state index contributed by atoms with van der Waals surface area (Å²) >= 11 is 0. The predicted octanol–water partition coefficient (Wildman–Crippen LogP) is 2.61. The smallest absolute Gasteiger partial charge is 0.340 e. The van der Waals surface area contributed by atoms with Gasteiger partial charge in [-0.05, 0) is 32.4 Å². The van der Waals surface area contributed by atoms with E-state index in [1.54, 1.807) is 50.2 Å². The lowest BCUT2D eigenvalue weighted by atomic mass is 9.67. The molecule has 2 heterocycles. The molecule has 1 atom stereocenters. The summed E-state index contributed by atoms with van der Waals surface area (Å²) in [6, 6.07) is 15.6. The van der Waals surface area contributed by atoms with E-state index in [1.165, 1.54) is 11.8 Å². The fourth-order valence-corrected chi connectivity index (χ4v) is 4.77. The van der Waals surface area contributed by atoms with E-state index < -0.39 is 47.8 Å². The van der Waals surface area contributed by atoms with Gasteiger partial charge in [0.05, 0.1) is 13.2 Å². The predicted molar refractivity (Wildman–Crippen MR) is 135 cm³/mol. The van der Waals surface area contributed by atoms with Gasteiger partial charge < -0.3 is 24.7 Å². The maximum Gasteiger partial charge on any atom is 0.340 e. The first-order valence-corrected chi connectivity index (χ1v) is 11.9. The third-order valence-corrected chi connectivity index (χ3v) is 6.24. The fourth-order valence-electron chi connectivity index (χ4n) is 4.77. The number of amides is 1. The Morgan fingerprint density at radius 2 is 1.66 bits per heavy atom. The molecule has 0 saturated heterocycles. The lowest BCUT2D eigenvalue weighted by Crippen LogP contribution is -2.51. The van der Waals surface area contributed by atoms with Crippen molar-refractivity contribution in [3.8, 4) is 0 Å². The molecule has 0 bridgehead atoms. The van der Waals surface area contributed by atoms with Gasteiger partial charge in [0, 0.05) is 11.3 Å². The quantitative estimate of drug-likeness (QED) is 0.432. The lowest BCUT2D eigenvalue weighted by molar-refractivity contribution is -0.145. The van der Waals surface area contributed by atoms with Crippen LogP contribution in [-0.4, -0.2) is 43.6 Å². The van der Waals surface area contributed by atoms with Crippen molar-refractivity contribution in [1.29, 1.82) is 0 Å². The molecule has 0 saturated carbocycles. The number of benzene rings is 2. The average molecular weight is 521 g/mol. The molecule has 1 spiro atoms. The molecular formula is C28H28N2O8. The average Bonchev–Trinajstić information content (AvgIpc) is 3.10. The summed E-state index contributed by atoms with van der Waals surface area (Å²) < 4.78 is 21.4. The number of ether oxygens (including phenoxy) is 4. The molecule has 2 N–H and O–H groups in total. The number of rotatable bonds is 7. The first kappa shape index (κ1) is 26.5. The Hall–Kier alpha value is -4.60. The Kier molecular flexibility index (Phi) is 7.25. The van der Waals surface area contributed by atoms with E-state index in [4.69, 9.17) is 24.7 Å². The number of hydrogen-bond acceptors (Lipinski definition) is 9. The van der Waals surface area contributed by atoms with E-state index in [0.29, 0.717) is 5.69 Å². The summed E-state index contributed by atoms with van der Waals surface area (Å²) in [5, 5.41) is 0. The molecule has 2 aromatic carbocycles. The standard InChI is InChI=1S/C28H28N2O8/c1-16(2)37-26(33)22-17(3)38-24(29)23(25(32)35-4)28(22)19-12-8-9-13-20(19)30(27(28)34)14-21(31)36-15-18-10-6-5-7-11-18/h5-13,16H,14-15,29H2,1-4H3. The highest BCUT2D eigenvalue weighted by Gasteiger charge is 2.64. The molecule has 2 aliphatic heterocycles. The lowest BCUT2D eigenvalue weighted by Gasteiger charge is -2.36. The summed E-state index contributed by atoms with van der Waals surface area (Å²) in [4.78, 5) is 55.0. The zero-order valence-electron chi connectivity index (χ0n) is 21.5. The Morgan fingerprint density at radius 1 is 1.00 bits per heavy atom. The van der Waals surface area contributed by atoms with Crippen molar-refractivity contribution in [2.45, 2.75) is 38.9 Å². The molecule has 0 aliphatic carbocycles. The zero-order valence-corrected chi connectivity index (χ0v) is 21.5. The van der Waals surface area contributed by atoms with Crippen LogP contribution in [0.2, 0.25) is 0 Å². The molecule has 1 amide bonds. The zero-order chi connectivity index (χ0) is 27.6. The maximum absolute atomic E-state index is 14.4. The number of anilines is 1. The van der Waals surface area contributed by atoms with Gasteiger partial charge in [-0.1, -0.05) is 48.5 Å². The molecule has 198 valence electrons. The Balaban J connectivity index is 1.83. The van der Waals surface area contributed by atoms with Crippen LogP contribution in [0.25, 0.3) is 0 Å². The molecule has 4 rings (SSSR count). The second-order valence-electron chi connectivity index (χ2n) is 9.02. The van der Waals surface area contributed by atoms with Crippen LogP contribution >= 0.6 is 0 Å². The number of hydrogen-bond donors (Lipinski definition) is 1. The van der Waals surface area contributed by atoms with Crippen molar-refractivity contribution < 1.29 is 38.1 Å². The van der Waals surface area contributed by atoms with Gasteiger partial charge in [-0.25, -0.2) is 9.59 Å². The van der Waals surface area contributed by atoms with E-state index >= 15 is 0 Å². The van der Waals surface area contributed by atoms with E-state index in [2.05, 4.69) is 0 Å². The molecule has 2 aromatic rings. The van der Waals surface area contributed by atoms with Crippen molar-refractivity contribution >= 4 is 29.5 Å². The van der Waals surface area contributed by atoms with Gasteiger partial charge in [-0.3, -0.25) is 14.5 Å². The van der Waals surface area contributed by atoms with Gasteiger partial charge in [0.15, 0.2) is 0 Å². The molecule has 0 radical (unpaired) electrons. The number of para-hydroxylation sites is 1. The molecule has 38 heavy (non-hydrogen) atoms. The minimum atomic E-state index is -2.07. The summed E-state index contributed by atoms with van der Waals surface area (Å²) in [6.07, 6.45) is -0.541. The highest BCUT2D eigenvalue weighted by atomic mass is 16.6. The molecule has 10 nitrogen and oxygen atoms in total. The highest BCUT2D eigenvalue weighted by molar-refractivity contribution is 6.23. The van der Waals surface area contributed by atoms with Crippen molar-refractivity contribution in [2.75, 3.05) is 18.6 Å². The Labute approximate surface area is 219 Å². The number of methoxy groups -OCH3 is 1. The van der Waals surface area contributed by atoms with Crippen LogP contribution in [0.4, 0.5) is 5.69 Å². The van der Waals surface area contributed by atoms with E-state index in [1.807, 2.05) is 18.2 Å². The third-order valence-electron chi connectivity index (χ3n) is 6.24. The SMILES string of the molecule is COC(=O)C1=C(N)OC(C)=C(C(=O)OC(C)C)C12C(=O)N(CC(=O)OCc1ccccc1)c1ccccc12. The van der Waals surface area contributed by atoms with E-state index in [-0.39, 0.29) is 29.1 Å². The van der Waals surface area contributed by atoms with Crippen molar-refractivity contribution in [3.63, 3.8) is 0 Å². The Morgan fingerprint density at radius 3 is 2.32 bits per heavy atom. The second-order valence-corrected chi connectivity index (χ2v) is 9.02. The number of carbonyl (C=O) groups excluding carboxylic acids is 4. The Bertz CT molecular complexity index is 1360. The molecular weight excluding hydrogens is 492 g/mol. The van der Waals surface area contributed by atoms with Crippen LogP contribution in [0.5, 0.6) is 0 Å². The summed E-state index contributed by atoms with van der Waals surface area (Å²) in [5.41, 5.74) is 4.81. The minimum Gasteiger partial charge on any atom is -0.465 e. The van der Waals surface area contributed by atoms with Gasteiger partial charge in [-0.15, -0.1) is 0 Å². The molecule has 0 aromatic heterocycles.